The van der Waals surface area contributed by atoms with Crippen LogP contribution in [-0.2, 0) is 0 Å². The van der Waals surface area contributed by atoms with Crippen molar-refractivity contribution in [3.63, 3.8) is 0 Å². The molecule has 32 heavy (non-hydrogen) atoms. The molecule has 0 atom stereocenters. The molecule has 2 aromatic carbocycles. The van der Waals surface area contributed by atoms with E-state index >= 15 is 0 Å². The van der Waals surface area contributed by atoms with Crippen molar-refractivity contribution in [2.75, 3.05) is 43.5 Å². The van der Waals surface area contributed by atoms with Crippen LogP contribution < -0.4 is 20.3 Å². The zero-order chi connectivity index (χ0) is 22.5. The first-order valence-corrected chi connectivity index (χ1v) is 11.1. The van der Waals surface area contributed by atoms with Crippen LogP contribution in [0.15, 0.2) is 60.8 Å². The number of aromatic nitrogens is 1. The van der Waals surface area contributed by atoms with Crippen LogP contribution >= 0.6 is 0 Å². The minimum atomic E-state index is -0.191. The predicted octanol–water partition coefficient (Wildman–Crippen LogP) is 4.54. The highest BCUT2D eigenvalue weighted by molar-refractivity contribution is 6.09. The molecule has 0 unspecified atom stereocenters. The summed E-state index contributed by atoms with van der Waals surface area (Å²) >= 11 is 0. The summed E-state index contributed by atoms with van der Waals surface area (Å²) in [5.41, 5.74) is 4.22. The number of carbonyl (C=O) groups excluding carboxylic acids is 1. The largest absolute Gasteiger partial charge is 0.496 e. The van der Waals surface area contributed by atoms with E-state index in [0.29, 0.717) is 22.9 Å². The van der Waals surface area contributed by atoms with Crippen LogP contribution in [0.3, 0.4) is 0 Å². The van der Waals surface area contributed by atoms with E-state index in [1.165, 1.54) is 5.56 Å². The number of rotatable bonds is 6. The van der Waals surface area contributed by atoms with Gasteiger partial charge in [0, 0.05) is 31.7 Å². The number of anilines is 2. The Morgan fingerprint density at radius 3 is 2.44 bits per heavy atom. The van der Waals surface area contributed by atoms with E-state index in [1.54, 1.807) is 13.3 Å². The Balaban J connectivity index is 1.58. The lowest BCUT2D eigenvalue weighted by Crippen LogP contribution is -2.43. The Kier molecular flexibility index (Phi) is 6.71. The fraction of sp³-hybridized carbons (Fsp3) is 0.308. The predicted molar refractivity (Wildman–Crippen MR) is 130 cm³/mol. The fourth-order valence-corrected chi connectivity index (χ4v) is 3.96. The Hall–Kier alpha value is -3.38. The van der Waals surface area contributed by atoms with Gasteiger partial charge in [0.2, 0.25) is 0 Å². The number of hydrogen-bond acceptors (Lipinski definition) is 5. The third-order valence-corrected chi connectivity index (χ3v) is 5.80. The summed E-state index contributed by atoms with van der Waals surface area (Å²) < 4.78 is 5.60. The lowest BCUT2D eigenvalue weighted by atomic mass is 9.95. The first-order valence-electron chi connectivity index (χ1n) is 11.1. The molecular formula is C26H30N4O2. The van der Waals surface area contributed by atoms with E-state index in [2.05, 4.69) is 46.5 Å². The standard InChI is InChI=1S/C26H30N4O2/c1-18(2)19-7-9-20(10-8-19)25-22(5-4-6-23(25)32-3)26(31)29-21-11-12-24(28-17-21)30-15-13-27-14-16-30/h4-12,17-18,27H,13-16H2,1-3H3,(H,29,31). The molecule has 0 aliphatic carbocycles. The van der Waals surface area contributed by atoms with Gasteiger partial charge in [-0.2, -0.15) is 0 Å². The molecule has 4 rings (SSSR count). The molecule has 1 saturated heterocycles. The van der Waals surface area contributed by atoms with E-state index in [-0.39, 0.29) is 5.91 Å². The maximum atomic E-state index is 13.2. The van der Waals surface area contributed by atoms with Crippen LogP contribution in [-0.4, -0.2) is 44.2 Å². The first kappa shape index (κ1) is 21.8. The summed E-state index contributed by atoms with van der Waals surface area (Å²) in [5, 5.41) is 6.33. The summed E-state index contributed by atoms with van der Waals surface area (Å²) in [4.78, 5) is 20.0. The van der Waals surface area contributed by atoms with Crippen LogP contribution in [0, 0.1) is 0 Å². The highest BCUT2D eigenvalue weighted by Crippen LogP contribution is 2.34. The Bertz CT molecular complexity index is 1060. The Morgan fingerprint density at radius 2 is 1.81 bits per heavy atom. The number of methoxy groups -OCH3 is 1. The van der Waals surface area contributed by atoms with Gasteiger partial charge in [-0.05, 0) is 41.3 Å². The molecule has 6 nitrogen and oxygen atoms in total. The number of benzene rings is 2. The molecule has 0 spiro atoms. The number of nitrogens with zero attached hydrogens (tertiary/aromatic N) is 2. The smallest absolute Gasteiger partial charge is 0.256 e. The monoisotopic (exact) mass is 430 g/mol. The van der Waals surface area contributed by atoms with Gasteiger partial charge < -0.3 is 20.3 Å². The molecular weight excluding hydrogens is 400 g/mol. The Labute approximate surface area is 189 Å². The van der Waals surface area contributed by atoms with Crippen molar-refractivity contribution in [2.45, 2.75) is 19.8 Å². The second kappa shape index (κ2) is 9.83. The second-order valence-corrected chi connectivity index (χ2v) is 8.26. The minimum absolute atomic E-state index is 0.191. The quantitative estimate of drug-likeness (QED) is 0.601. The number of pyridine rings is 1. The first-order chi connectivity index (χ1) is 15.6. The molecule has 2 N–H and O–H groups in total. The lowest BCUT2D eigenvalue weighted by molar-refractivity contribution is 0.102. The van der Waals surface area contributed by atoms with E-state index in [0.717, 1.165) is 43.1 Å². The minimum Gasteiger partial charge on any atom is -0.496 e. The molecule has 1 aromatic heterocycles. The Morgan fingerprint density at radius 1 is 1.06 bits per heavy atom. The normalized spacial score (nSPS) is 13.8. The van der Waals surface area contributed by atoms with Crippen LogP contribution in [0.4, 0.5) is 11.5 Å². The van der Waals surface area contributed by atoms with Gasteiger partial charge in [-0.15, -0.1) is 0 Å². The molecule has 0 radical (unpaired) electrons. The number of carbonyl (C=O) groups is 1. The topological polar surface area (TPSA) is 66.5 Å². The van der Waals surface area contributed by atoms with E-state index < -0.39 is 0 Å². The molecule has 3 aromatic rings. The van der Waals surface area contributed by atoms with Gasteiger partial charge >= 0.3 is 0 Å². The molecule has 6 heteroatoms. The van der Waals surface area contributed by atoms with Crippen molar-refractivity contribution >= 4 is 17.4 Å². The van der Waals surface area contributed by atoms with Crippen molar-refractivity contribution in [3.8, 4) is 16.9 Å². The van der Waals surface area contributed by atoms with E-state index in [4.69, 9.17) is 4.74 Å². The number of piperazine rings is 1. The maximum Gasteiger partial charge on any atom is 0.256 e. The third-order valence-electron chi connectivity index (χ3n) is 5.80. The van der Waals surface area contributed by atoms with Crippen molar-refractivity contribution in [3.05, 3.63) is 71.9 Å². The molecule has 0 bridgehead atoms. The lowest BCUT2D eigenvalue weighted by Gasteiger charge is -2.28. The number of amides is 1. The van der Waals surface area contributed by atoms with Crippen LogP contribution in [0.1, 0.15) is 35.7 Å². The zero-order valence-electron chi connectivity index (χ0n) is 18.9. The van der Waals surface area contributed by atoms with Gasteiger partial charge in [-0.3, -0.25) is 4.79 Å². The van der Waals surface area contributed by atoms with Crippen LogP contribution in [0.25, 0.3) is 11.1 Å². The van der Waals surface area contributed by atoms with Crippen molar-refractivity contribution in [2.24, 2.45) is 0 Å². The van der Waals surface area contributed by atoms with Crippen molar-refractivity contribution in [1.82, 2.24) is 10.3 Å². The van der Waals surface area contributed by atoms with E-state index in [9.17, 15) is 4.79 Å². The summed E-state index contributed by atoms with van der Waals surface area (Å²) in [5.74, 6) is 1.85. The van der Waals surface area contributed by atoms with Crippen LogP contribution in [0.5, 0.6) is 5.75 Å². The fourth-order valence-electron chi connectivity index (χ4n) is 3.96. The summed E-state index contributed by atoms with van der Waals surface area (Å²) in [7, 11) is 1.63. The maximum absolute atomic E-state index is 13.2. The number of hydrogen-bond donors (Lipinski definition) is 2. The molecule has 2 heterocycles. The van der Waals surface area contributed by atoms with Crippen LogP contribution in [0.2, 0.25) is 0 Å². The molecule has 1 aliphatic heterocycles. The average Bonchev–Trinajstić information content (AvgIpc) is 2.84. The number of ether oxygens (including phenoxy) is 1. The average molecular weight is 431 g/mol. The van der Waals surface area contributed by atoms with Gasteiger partial charge in [-0.25, -0.2) is 4.98 Å². The highest BCUT2D eigenvalue weighted by atomic mass is 16.5. The second-order valence-electron chi connectivity index (χ2n) is 8.26. The van der Waals surface area contributed by atoms with Crippen molar-refractivity contribution in [1.29, 1.82) is 0 Å². The molecule has 0 saturated carbocycles. The van der Waals surface area contributed by atoms with Crippen molar-refractivity contribution < 1.29 is 9.53 Å². The third kappa shape index (κ3) is 4.75. The summed E-state index contributed by atoms with van der Waals surface area (Å²) in [6, 6.07) is 17.7. The van der Waals surface area contributed by atoms with Gasteiger partial charge in [-0.1, -0.05) is 44.2 Å². The SMILES string of the molecule is COc1cccc(C(=O)Nc2ccc(N3CCNCC3)nc2)c1-c1ccc(C(C)C)cc1. The van der Waals surface area contributed by atoms with E-state index in [1.807, 2.05) is 42.5 Å². The zero-order valence-corrected chi connectivity index (χ0v) is 18.9. The number of nitrogens with one attached hydrogen (secondary N) is 2. The van der Waals surface area contributed by atoms with Gasteiger partial charge in [0.05, 0.1) is 24.6 Å². The molecule has 1 fully saturated rings. The van der Waals surface area contributed by atoms with Gasteiger partial charge in [0.1, 0.15) is 11.6 Å². The molecule has 1 amide bonds. The molecule has 166 valence electrons. The highest BCUT2D eigenvalue weighted by Gasteiger charge is 2.18. The molecule has 1 aliphatic rings. The summed E-state index contributed by atoms with van der Waals surface area (Å²) in [6.45, 7) is 8.10. The van der Waals surface area contributed by atoms with Gasteiger partial charge in [0.15, 0.2) is 0 Å². The summed E-state index contributed by atoms with van der Waals surface area (Å²) in [6.07, 6.45) is 1.71. The van der Waals surface area contributed by atoms with Gasteiger partial charge in [0.25, 0.3) is 5.91 Å².